The average molecular weight is 355 g/mol. The first-order valence-electron chi connectivity index (χ1n) is 8.19. The van der Waals surface area contributed by atoms with Gasteiger partial charge in [0.15, 0.2) is 5.78 Å². The standard InChI is InChI=1S/C20H21NO5/c1-13(2)21(12-19(23)24)20(25)16-6-10-18(11-7-16)26-17-8-4-15(5-9-17)14(3)22/h4-11,13H,12H2,1-3H3,(H,23,24). The summed E-state index contributed by atoms with van der Waals surface area (Å²) in [5.74, 6) is -0.313. The van der Waals surface area contributed by atoms with Crippen molar-refractivity contribution in [3.8, 4) is 11.5 Å². The Hall–Kier alpha value is -3.15. The molecule has 0 aliphatic rings. The number of rotatable bonds is 7. The van der Waals surface area contributed by atoms with Crippen LogP contribution in [0, 0.1) is 0 Å². The first kappa shape index (κ1) is 19.2. The van der Waals surface area contributed by atoms with Crippen molar-refractivity contribution in [2.75, 3.05) is 6.54 Å². The van der Waals surface area contributed by atoms with E-state index in [1.165, 1.54) is 11.8 Å². The Bertz CT molecular complexity index is 794. The molecule has 0 heterocycles. The maximum Gasteiger partial charge on any atom is 0.323 e. The maximum absolute atomic E-state index is 12.5. The van der Waals surface area contributed by atoms with Gasteiger partial charge < -0.3 is 14.7 Å². The fraction of sp³-hybridized carbons (Fsp3) is 0.250. The lowest BCUT2D eigenvalue weighted by Gasteiger charge is -2.25. The van der Waals surface area contributed by atoms with E-state index in [0.29, 0.717) is 22.6 Å². The number of carbonyl (C=O) groups is 3. The van der Waals surface area contributed by atoms with Crippen molar-refractivity contribution >= 4 is 17.7 Å². The van der Waals surface area contributed by atoms with Gasteiger partial charge in [0.2, 0.25) is 0 Å². The number of hydrogen-bond acceptors (Lipinski definition) is 4. The van der Waals surface area contributed by atoms with E-state index in [1.807, 2.05) is 0 Å². The molecular weight excluding hydrogens is 334 g/mol. The fourth-order valence-electron chi connectivity index (χ4n) is 2.36. The third kappa shape index (κ3) is 4.92. The number of aliphatic carboxylic acids is 1. The minimum atomic E-state index is -1.05. The zero-order chi connectivity index (χ0) is 19.3. The molecule has 2 rings (SSSR count). The van der Waals surface area contributed by atoms with Gasteiger partial charge in [-0.25, -0.2) is 0 Å². The highest BCUT2D eigenvalue weighted by atomic mass is 16.5. The van der Waals surface area contributed by atoms with Crippen molar-refractivity contribution in [2.24, 2.45) is 0 Å². The number of carbonyl (C=O) groups excluding carboxylic acids is 2. The summed E-state index contributed by atoms with van der Waals surface area (Å²) in [5, 5.41) is 8.96. The minimum absolute atomic E-state index is 0.0181. The molecule has 26 heavy (non-hydrogen) atoms. The Morgan fingerprint density at radius 2 is 1.38 bits per heavy atom. The van der Waals surface area contributed by atoms with Gasteiger partial charge in [-0.05, 0) is 69.3 Å². The number of amides is 1. The molecule has 0 aliphatic carbocycles. The number of hydrogen-bond donors (Lipinski definition) is 1. The molecule has 0 aliphatic heterocycles. The van der Waals surface area contributed by atoms with Crippen molar-refractivity contribution in [1.29, 1.82) is 0 Å². The Labute approximate surface area is 152 Å². The van der Waals surface area contributed by atoms with E-state index >= 15 is 0 Å². The van der Waals surface area contributed by atoms with Crippen molar-refractivity contribution in [2.45, 2.75) is 26.8 Å². The predicted octanol–water partition coefficient (Wildman–Crippen LogP) is 3.62. The number of nitrogens with zero attached hydrogens (tertiary/aromatic N) is 1. The highest BCUT2D eigenvalue weighted by Crippen LogP contribution is 2.23. The van der Waals surface area contributed by atoms with Crippen LogP contribution in [0.5, 0.6) is 11.5 Å². The molecule has 0 bridgehead atoms. The number of carboxylic acids is 1. The van der Waals surface area contributed by atoms with Crippen LogP contribution in [0.15, 0.2) is 48.5 Å². The van der Waals surface area contributed by atoms with Crippen LogP contribution in [0.25, 0.3) is 0 Å². The summed E-state index contributed by atoms with van der Waals surface area (Å²) in [6, 6.07) is 13.0. The summed E-state index contributed by atoms with van der Waals surface area (Å²) in [6.07, 6.45) is 0. The zero-order valence-corrected chi connectivity index (χ0v) is 14.9. The molecule has 1 N–H and O–H groups in total. The van der Waals surface area contributed by atoms with Crippen molar-refractivity contribution < 1.29 is 24.2 Å². The second-order valence-corrected chi connectivity index (χ2v) is 6.13. The van der Waals surface area contributed by atoms with Crippen LogP contribution in [0.4, 0.5) is 0 Å². The SMILES string of the molecule is CC(=O)c1ccc(Oc2ccc(C(=O)N(CC(=O)O)C(C)C)cc2)cc1. The van der Waals surface area contributed by atoms with Gasteiger partial charge in [0.1, 0.15) is 18.0 Å². The summed E-state index contributed by atoms with van der Waals surface area (Å²) in [5.41, 5.74) is 0.990. The van der Waals surface area contributed by atoms with Gasteiger partial charge in [-0.2, -0.15) is 0 Å². The smallest absolute Gasteiger partial charge is 0.323 e. The van der Waals surface area contributed by atoms with Gasteiger partial charge in [-0.15, -0.1) is 0 Å². The first-order chi connectivity index (χ1) is 12.3. The summed E-state index contributed by atoms with van der Waals surface area (Å²) < 4.78 is 5.69. The summed E-state index contributed by atoms with van der Waals surface area (Å²) in [7, 11) is 0. The highest BCUT2D eigenvalue weighted by Gasteiger charge is 2.21. The van der Waals surface area contributed by atoms with Crippen molar-refractivity contribution in [3.63, 3.8) is 0 Å². The van der Waals surface area contributed by atoms with E-state index in [1.54, 1.807) is 62.4 Å². The molecule has 1 amide bonds. The van der Waals surface area contributed by atoms with Crippen LogP contribution in [0.2, 0.25) is 0 Å². The minimum Gasteiger partial charge on any atom is -0.480 e. The topological polar surface area (TPSA) is 83.9 Å². The van der Waals surface area contributed by atoms with Crippen LogP contribution in [-0.4, -0.2) is 40.3 Å². The lowest BCUT2D eigenvalue weighted by Crippen LogP contribution is -2.40. The summed E-state index contributed by atoms with van der Waals surface area (Å²) in [6.45, 7) is 4.68. The molecule has 0 saturated heterocycles. The maximum atomic E-state index is 12.5. The van der Waals surface area contributed by atoms with Gasteiger partial charge >= 0.3 is 5.97 Å². The summed E-state index contributed by atoms with van der Waals surface area (Å²) >= 11 is 0. The molecule has 6 heteroatoms. The van der Waals surface area contributed by atoms with E-state index in [0.717, 1.165) is 0 Å². The third-order valence-electron chi connectivity index (χ3n) is 3.79. The zero-order valence-electron chi connectivity index (χ0n) is 14.9. The van der Waals surface area contributed by atoms with Crippen molar-refractivity contribution in [3.05, 3.63) is 59.7 Å². The van der Waals surface area contributed by atoms with E-state index in [4.69, 9.17) is 9.84 Å². The molecule has 0 radical (unpaired) electrons. The van der Waals surface area contributed by atoms with E-state index in [9.17, 15) is 14.4 Å². The van der Waals surface area contributed by atoms with Crippen LogP contribution in [0.3, 0.4) is 0 Å². The number of ketones is 1. The van der Waals surface area contributed by atoms with E-state index < -0.39 is 5.97 Å². The van der Waals surface area contributed by atoms with E-state index in [-0.39, 0.29) is 24.3 Å². The molecule has 0 fully saturated rings. The van der Waals surface area contributed by atoms with Crippen molar-refractivity contribution in [1.82, 2.24) is 4.90 Å². The van der Waals surface area contributed by atoms with Crippen LogP contribution in [-0.2, 0) is 4.79 Å². The molecule has 0 unspecified atom stereocenters. The normalized spacial score (nSPS) is 10.5. The molecule has 0 atom stereocenters. The molecule has 2 aromatic carbocycles. The third-order valence-corrected chi connectivity index (χ3v) is 3.79. The molecule has 136 valence electrons. The second kappa shape index (κ2) is 8.29. The lowest BCUT2D eigenvalue weighted by atomic mass is 10.1. The van der Waals surface area contributed by atoms with E-state index in [2.05, 4.69) is 0 Å². The molecule has 2 aromatic rings. The van der Waals surface area contributed by atoms with Gasteiger partial charge in [0.25, 0.3) is 5.91 Å². The highest BCUT2D eigenvalue weighted by molar-refractivity contribution is 5.96. The Morgan fingerprint density at radius 1 is 0.923 bits per heavy atom. The Morgan fingerprint density at radius 3 is 1.77 bits per heavy atom. The van der Waals surface area contributed by atoms with Gasteiger partial charge in [-0.1, -0.05) is 0 Å². The van der Waals surface area contributed by atoms with Gasteiger partial charge in [0.05, 0.1) is 0 Å². The van der Waals surface area contributed by atoms with Gasteiger partial charge in [0, 0.05) is 17.2 Å². The summed E-state index contributed by atoms with van der Waals surface area (Å²) in [4.78, 5) is 36.0. The predicted molar refractivity (Wildman–Crippen MR) is 96.8 cm³/mol. The molecule has 0 saturated carbocycles. The lowest BCUT2D eigenvalue weighted by molar-refractivity contribution is -0.138. The molecule has 6 nitrogen and oxygen atoms in total. The molecular formula is C20H21NO5. The number of Topliss-reactive ketones (excluding diaryl/α,β-unsaturated/α-hetero) is 1. The number of ether oxygens (including phenoxy) is 1. The van der Waals surface area contributed by atoms with Crippen LogP contribution >= 0.6 is 0 Å². The second-order valence-electron chi connectivity index (χ2n) is 6.13. The fourth-order valence-corrected chi connectivity index (χ4v) is 2.36. The Kier molecular flexibility index (Phi) is 6.11. The first-order valence-corrected chi connectivity index (χ1v) is 8.19. The quantitative estimate of drug-likeness (QED) is 0.767. The largest absolute Gasteiger partial charge is 0.480 e. The number of benzene rings is 2. The Balaban J connectivity index is 2.10. The monoisotopic (exact) mass is 355 g/mol. The van der Waals surface area contributed by atoms with Crippen LogP contribution < -0.4 is 4.74 Å². The molecule has 0 spiro atoms. The molecule has 0 aromatic heterocycles. The average Bonchev–Trinajstić information content (AvgIpc) is 2.60. The van der Waals surface area contributed by atoms with Crippen LogP contribution in [0.1, 0.15) is 41.5 Å². The van der Waals surface area contributed by atoms with Gasteiger partial charge in [-0.3, -0.25) is 14.4 Å². The number of carboxylic acid groups (broad SMARTS) is 1.